The number of carbonyl (C=O) groups excluding carboxylic acids is 2. The number of ether oxygens (including phenoxy) is 4. The Morgan fingerprint density at radius 3 is 2.13 bits per heavy atom. The highest BCUT2D eigenvalue weighted by Crippen LogP contribution is 2.51. The third kappa shape index (κ3) is 4.35. The lowest BCUT2D eigenvalue weighted by Crippen LogP contribution is -2.52. The van der Waals surface area contributed by atoms with Crippen LogP contribution in [0.1, 0.15) is 44.2 Å². The van der Waals surface area contributed by atoms with Crippen molar-refractivity contribution < 1.29 is 28.5 Å². The van der Waals surface area contributed by atoms with E-state index in [9.17, 15) is 9.59 Å². The highest BCUT2D eigenvalue weighted by Gasteiger charge is 2.52. The predicted octanol–water partition coefficient (Wildman–Crippen LogP) is 5.78. The third-order valence-electron chi connectivity index (χ3n) is 7.87. The Kier molecular flexibility index (Phi) is 6.03. The van der Waals surface area contributed by atoms with Crippen LogP contribution in [-0.4, -0.2) is 48.4 Å². The minimum absolute atomic E-state index is 0.0198. The van der Waals surface area contributed by atoms with E-state index in [4.69, 9.17) is 42.1 Å². The SMILES string of the molecule is O=C(O[C@H]1[C@H]2c3cc4c(cc3CN3CCC(=C[C@@H]1OC(=O)c1ccc(Cl)cc1)[C@H]23)OCO4)c1ccc(Cl)cc1. The van der Waals surface area contributed by atoms with Gasteiger partial charge in [-0.2, -0.15) is 0 Å². The summed E-state index contributed by atoms with van der Waals surface area (Å²) in [6.45, 7) is 1.77. The molecule has 0 N–H and O–H groups in total. The summed E-state index contributed by atoms with van der Waals surface area (Å²) in [6.07, 6.45) is 1.23. The van der Waals surface area contributed by atoms with Gasteiger partial charge in [-0.3, -0.25) is 4.90 Å². The second-order valence-corrected chi connectivity index (χ2v) is 11.0. The number of benzene rings is 3. The number of hydrogen-bond acceptors (Lipinski definition) is 7. The molecule has 1 fully saturated rings. The largest absolute Gasteiger partial charge is 0.454 e. The third-order valence-corrected chi connectivity index (χ3v) is 8.37. The van der Waals surface area contributed by atoms with Crippen LogP contribution in [0.15, 0.2) is 72.3 Å². The van der Waals surface area contributed by atoms with Crippen LogP contribution in [0.25, 0.3) is 0 Å². The molecule has 0 amide bonds. The monoisotopic (exact) mass is 563 g/mol. The minimum Gasteiger partial charge on any atom is -0.454 e. The van der Waals surface area contributed by atoms with Crippen molar-refractivity contribution in [3.05, 3.63) is 105 Å². The molecule has 4 atom stereocenters. The van der Waals surface area contributed by atoms with E-state index in [2.05, 4.69) is 4.90 Å². The van der Waals surface area contributed by atoms with Gasteiger partial charge in [0.1, 0.15) is 0 Å². The Labute approximate surface area is 234 Å². The van der Waals surface area contributed by atoms with E-state index in [-0.39, 0.29) is 18.8 Å². The van der Waals surface area contributed by atoms with E-state index < -0.39 is 24.1 Å². The van der Waals surface area contributed by atoms with Crippen LogP contribution in [0.4, 0.5) is 0 Å². The lowest BCUT2D eigenvalue weighted by atomic mass is 9.73. The average molecular weight is 564 g/mol. The number of esters is 2. The summed E-state index contributed by atoms with van der Waals surface area (Å²) < 4.78 is 23.6. The van der Waals surface area contributed by atoms with Gasteiger partial charge < -0.3 is 18.9 Å². The normalized spacial score (nSPS) is 24.4. The van der Waals surface area contributed by atoms with Gasteiger partial charge in [0.25, 0.3) is 0 Å². The van der Waals surface area contributed by atoms with Gasteiger partial charge in [0.15, 0.2) is 23.7 Å². The first-order valence-electron chi connectivity index (χ1n) is 12.7. The minimum atomic E-state index is -0.794. The number of carbonyl (C=O) groups is 2. The van der Waals surface area contributed by atoms with Crippen molar-refractivity contribution in [2.45, 2.75) is 37.1 Å². The molecular formula is C30H23Cl2NO6. The maximum Gasteiger partial charge on any atom is 0.338 e. The fraction of sp³-hybridized carbons (Fsp3) is 0.267. The van der Waals surface area contributed by atoms with Crippen molar-refractivity contribution in [1.82, 2.24) is 4.90 Å². The summed E-state index contributed by atoms with van der Waals surface area (Å²) in [5, 5.41) is 1.04. The van der Waals surface area contributed by atoms with Crippen LogP contribution in [0.2, 0.25) is 10.0 Å². The van der Waals surface area contributed by atoms with Crippen molar-refractivity contribution in [2.24, 2.45) is 0 Å². The molecule has 1 saturated heterocycles. The van der Waals surface area contributed by atoms with Crippen LogP contribution in [0.5, 0.6) is 11.5 Å². The molecule has 7 nitrogen and oxygen atoms in total. The number of nitrogens with zero attached hydrogens (tertiary/aromatic N) is 1. The van der Waals surface area contributed by atoms with E-state index >= 15 is 0 Å². The summed E-state index contributed by atoms with van der Waals surface area (Å²) in [7, 11) is 0. The molecule has 0 saturated carbocycles. The second kappa shape index (κ2) is 9.59. The number of halogens is 2. The molecule has 9 heteroatoms. The smallest absolute Gasteiger partial charge is 0.338 e. The van der Waals surface area contributed by atoms with Gasteiger partial charge in [-0.15, -0.1) is 0 Å². The van der Waals surface area contributed by atoms with Gasteiger partial charge in [-0.25, -0.2) is 9.59 Å². The zero-order valence-corrected chi connectivity index (χ0v) is 22.2. The molecule has 0 unspecified atom stereocenters. The van der Waals surface area contributed by atoms with Crippen molar-refractivity contribution in [3.63, 3.8) is 0 Å². The molecule has 0 bridgehead atoms. The molecule has 4 aliphatic rings. The van der Waals surface area contributed by atoms with Crippen LogP contribution < -0.4 is 9.47 Å². The summed E-state index contributed by atoms with van der Waals surface area (Å²) in [5.41, 5.74) is 3.99. The van der Waals surface area contributed by atoms with Crippen molar-refractivity contribution in [2.75, 3.05) is 13.3 Å². The predicted molar refractivity (Wildman–Crippen MR) is 144 cm³/mol. The second-order valence-electron chi connectivity index (χ2n) is 10.1. The van der Waals surface area contributed by atoms with Gasteiger partial charge in [0, 0.05) is 35.1 Å². The molecule has 3 aliphatic heterocycles. The number of rotatable bonds is 4. The Balaban J connectivity index is 1.30. The molecule has 0 radical (unpaired) electrons. The van der Waals surface area contributed by atoms with E-state index in [0.29, 0.717) is 32.7 Å². The Morgan fingerprint density at radius 1 is 0.846 bits per heavy atom. The summed E-state index contributed by atoms with van der Waals surface area (Å²) in [5.74, 6) is 0.0618. The van der Waals surface area contributed by atoms with Gasteiger partial charge in [0.2, 0.25) is 6.79 Å². The average Bonchev–Trinajstić information content (AvgIpc) is 3.56. The van der Waals surface area contributed by atoms with E-state index in [1.54, 1.807) is 48.5 Å². The molecule has 1 aliphatic carbocycles. The lowest BCUT2D eigenvalue weighted by Gasteiger charge is -2.46. The summed E-state index contributed by atoms with van der Waals surface area (Å²) in [4.78, 5) is 29.0. The topological polar surface area (TPSA) is 74.3 Å². The van der Waals surface area contributed by atoms with Crippen LogP contribution >= 0.6 is 23.2 Å². The van der Waals surface area contributed by atoms with Crippen LogP contribution in [-0.2, 0) is 16.0 Å². The fourth-order valence-corrected chi connectivity index (χ4v) is 6.36. The van der Waals surface area contributed by atoms with Crippen molar-refractivity contribution in [1.29, 1.82) is 0 Å². The zero-order valence-electron chi connectivity index (χ0n) is 20.6. The van der Waals surface area contributed by atoms with Gasteiger partial charge >= 0.3 is 11.9 Å². The maximum absolute atomic E-state index is 13.4. The Hall–Kier alpha value is -3.52. The Bertz CT molecular complexity index is 1500. The van der Waals surface area contributed by atoms with Gasteiger partial charge in [-0.05, 0) is 84.3 Å². The van der Waals surface area contributed by atoms with E-state index in [1.165, 1.54) is 5.57 Å². The molecule has 3 aromatic rings. The summed E-state index contributed by atoms with van der Waals surface area (Å²) >= 11 is 12.0. The molecule has 0 spiro atoms. The number of fused-ring (bicyclic) bond motifs is 3. The van der Waals surface area contributed by atoms with Crippen LogP contribution in [0.3, 0.4) is 0 Å². The summed E-state index contributed by atoms with van der Waals surface area (Å²) in [6, 6.07) is 17.1. The molecule has 3 aromatic carbocycles. The van der Waals surface area contributed by atoms with Crippen LogP contribution in [0, 0.1) is 0 Å². The molecule has 3 heterocycles. The highest BCUT2D eigenvalue weighted by atomic mass is 35.5. The highest BCUT2D eigenvalue weighted by molar-refractivity contribution is 6.31. The lowest BCUT2D eigenvalue weighted by molar-refractivity contribution is -0.0443. The van der Waals surface area contributed by atoms with Gasteiger partial charge in [0.05, 0.1) is 11.1 Å². The zero-order chi connectivity index (χ0) is 26.7. The fourth-order valence-electron chi connectivity index (χ4n) is 6.11. The first-order valence-corrected chi connectivity index (χ1v) is 13.5. The first-order chi connectivity index (χ1) is 18.9. The molecule has 7 rings (SSSR count). The first kappa shape index (κ1) is 24.5. The quantitative estimate of drug-likeness (QED) is 0.294. The molecular weight excluding hydrogens is 541 g/mol. The number of hydrogen-bond donors (Lipinski definition) is 0. The van der Waals surface area contributed by atoms with Crippen molar-refractivity contribution >= 4 is 35.1 Å². The van der Waals surface area contributed by atoms with E-state index in [0.717, 1.165) is 30.6 Å². The molecule has 198 valence electrons. The van der Waals surface area contributed by atoms with E-state index in [1.807, 2.05) is 18.2 Å². The van der Waals surface area contributed by atoms with Crippen molar-refractivity contribution in [3.8, 4) is 11.5 Å². The maximum atomic E-state index is 13.4. The van der Waals surface area contributed by atoms with Gasteiger partial charge in [-0.1, -0.05) is 28.8 Å². The molecule has 0 aromatic heterocycles. The molecule has 39 heavy (non-hydrogen) atoms. The Morgan fingerprint density at radius 2 is 1.46 bits per heavy atom. The standard InChI is InChI=1S/C30H23Cl2NO6/c31-20-5-1-16(2-6-20)29(34)38-25-11-18-9-10-33-14-19-12-23-24(37-15-36-23)13-22(19)26(27(18)33)28(25)39-30(35)17-3-7-21(32)8-4-17/h1-8,11-13,25-28H,9-10,14-15H2/t25-,26-,27+,28+/m0/s1.